The van der Waals surface area contributed by atoms with Crippen LogP contribution in [0.4, 0.5) is 4.39 Å². The van der Waals surface area contributed by atoms with Crippen molar-refractivity contribution >= 4 is 6.29 Å². The molecule has 3 nitrogen and oxygen atoms in total. The molecule has 0 spiro atoms. The van der Waals surface area contributed by atoms with Gasteiger partial charge in [-0.3, -0.25) is 4.79 Å². The second kappa shape index (κ2) is 7.78. The third-order valence-electron chi connectivity index (χ3n) is 2.98. The molecule has 0 aliphatic carbocycles. The van der Waals surface area contributed by atoms with Crippen LogP contribution in [0.3, 0.4) is 0 Å². The molecule has 0 fully saturated rings. The van der Waals surface area contributed by atoms with E-state index in [1.165, 1.54) is 6.08 Å². The molecule has 0 unspecified atom stereocenters. The van der Waals surface area contributed by atoms with Crippen LogP contribution in [0.2, 0.25) is 0 Å². The van der Waals surface area contributed by atoms with Crippen LogP contribution in [0.15, 0.2) is 85.1 Å². The van der Waals surface area contributed by atoms with Crippen LogP contribution in [0.1, 0.15) is 15.9 Å². The van der Waals surface area contributed by atoms with Gasteiger partial charge in [-0.2, -0.15) is 0 Å². The van der Waals surface area contributed by atoms with Gasteiger partial charge in [0, 0.05) is 23.4 Å². The van der Waals surface area contributed by atoms with Crippen LogP contribution in [-0.2, 0) is 6.54 Å². The zero-order valence-corrected chi connectivity index (χ0v) is 12.2. The zero-order chi connectivity index (χ0) is 16.7. The molecule has 0 bridgehead atoms. The van der Waals surface area contributed by atoms with Crippen molar-refractivity contribution in [2.24, 2.45) is 0 Å². The Kier molecular flexibility index (Phi) is 6.08. The molecule has 2 N–H and O–H groups in total. The standard InChI is InChI=1S/C18H18FNO2/c1-5-17(18(12(2)19)14(4)22)13(3)20-10-15-6-8-16(11-21)9-7-15/h5-9,11,20,22H,1-4,10H2/b18-17-. The lowest BCUT2D eigenvalue weighted by atomic mass is 10.0. The number of carbonyl (C=O) groups excluding carboxylic acids is 1. The van der Waals surface area contributed by atoms with Gasteiger partial charge >= 0.3 is 0 Å². The third-order valence-corrected chi connectivity index (χ3v) is 2.98. The Morgan fingerprint density at radius 1 is 1.23 bits per heavy atom. The summed E-state index contributed by atoms with van der Waals surface area (Å²) in [6.45, 7) is 14.3. The zero-order valence-electron chi connectivity index (χ0n) is 12.2. The van der Waals surface area contributed by atoms with E-state index in [0.29, 0.717) is 17.8 Å². The summed E-state index contributed by atoms with van der Waals surface area (Å²) in [4.78, 5) is 10.6. The van der Waals surface area contributed by atoms with Crippen molar-refractivity contribution in [3.8, 4) is 0 Å². The van der Waals surface area contributed by atoms with E-state index in [1.54, 1.807) is 24.3 Å². The molecule has 0 aliphatic heterocycles. The van der Waals surface area contributed by atoms with Gasteiger partial charge in [-0.15, -0.1) is 0 Å². The van der Waals surface area contributed by atoms with Gasteiger partial charge in [-0.05, 0) is 5.56 Å². The largest absolute Gasteiger partial charge is 0.508 e. The van der Waals surface area contributed by atoms with Crippen molar-refractivity contribution in [1.82, 2.24) is 5.32 Å². The van der Waals surface area contributed by atoms with Crippen LogP contribution < -0.4 is 5.32 Å². The fourth-order valence-corrected chi connectivity index (χ4v) is 1.85. The number of aliphatic hydroxyl groups excluding tert-OH is 1. The number of hydrogen-bond donors (Lipinski definition) is 2. The Bertz CT molecular complexity index is 638. The second-order valence-corrected chi connectivity index (χ2v) is 4.54. The Labute approximate surface area is 129 Å². The first-order valence-corrected chi connectivity index (χ1v) is 6.47. The summed E-state index contributed by atoms with van der Waals surface area (Å²) < 4.78 is 13.4. The summed E-state index contributed by atoms with van der Waals surface area (Å²) in [5, 5.41) is 12.5. The monoisotopic (exact) mass is 299 g/mol. The molecule has 114 valence electrons. The van der Waals surface area contributed by atoms with E-state index in [9.17, 15) is 14.3 Å². The Balaban J connectivity index is 2.91. The van der Waals surface area contributed by atoms with Crippen molar-refractivity contribution in [2.45, 2.75) is 6.54 Å². The molecule has 0 atom stereocenters. The quantitative estimate of drug-likeness (QED) is 0.431. The summed E-state index contributed by atoms with van der Waals surface area (Å²) >= 11 is 0. The minimum Gasteiger partial charge on any atom is -0.508 e. The van der Waals surface area contributed by atoms with Crippen LogP contribution in [-0.4, -0.2) is 11.4 Å². The Morgan fingerprint density at radius 2 is 1.82 bits per heavy atom. The van der Waals surface area contributed by atoms with E-state index in [-0.39, 0.29) is 11.1 Å². The summed E-state index contributed by atoms with van der Waals surface area (Å²) in [7, 11) is 0. The number of nitrogens with one attached hydrogen (secondary N) is 1. The number of rotatable bonds is 8. The van der Waals surface area contributed by atoms with Crippen LogP contribution in [0.5, 0.6) is 0 Å². The first kappa shape index (κ1) is 17.2. The molecule has 22 heavy (non-hydrogen) atoms. The highest BCUT2D eigenvalue weighted by Crippen LogP contribution is 2.24. The van der Waals surface area contributed by atoms with Crippen LogP contribution in [0, 0.1) is 0 Å². The van der Waals surface area contributed by atoms with Gasteiger partial charge in [0.2, 0.25) is 0 Å². The number of halogens is 1. The molecule has 0 saturated carbocycles. The molecule has 0 amide bonds. The number of aldehydes is 1. The van der Waals surface area contributed by atoms with E-state index in [2.05, 4.69) is 31.6 Å². The maximum Gasteiger partial charge on any atom is 0.150 e. The lowest BCUT2D eigenvalue weighted by Crippen LogP contribution is -2.14. The first-order valence-electron chi connectivity index (χ1n) is 6.47. The number of benzene rings is 1. The van der Waals surface area contributed by atoms with Gasteiger partial charge in [0.25, 0.3) is 0 Å². The SMILES string of the molecule is C=C/C(C(=C)NCc1ccc(C=O)cc1)=C(/C(=C)O)C(=C)F. The molecule has 0 heterocycles. The van der Waals surface area contributed by atoms with Crippen molar-refractivity contribution in [3.05, 3.63) is 96.2 Å². The van der Waals surface area contributed by atoms with Crippen molar-refractivity contribution in [2.75, 3.05) is 0 Å². The topological polar surface area (TPSA) is 49.3 Å². The van der Waals surface area contributed by atoms with E-state index < -0.39 is 11.6 Å². The van der Waals surface area contributed by atoms with Gasteiger partial charge in [0.1, 0.15) is 17.9 Å². The Hall–Kier alpha value is -2.88. The van der Waals surface area contributed by atoms with E-state index in [1.807, 2.05) is 0 Å². The highest BCUT2D eigenvalue weighted by atomic mass is 19.1. The molecule has 0 saturated heterocycles. The predicted octanol–water partition coefficient (Wildman–Crippen LogP) is 4.14. The highest BCUT2D eigenvalue weighted by molar-refractivity contribution is 5.74. The fourth-order valence-electron chi connectivity index (χ4n) is 1.85. The lowest BCUT2D eigenvalue weighted by Gasteiger charge is -2.14. The van der Waals surface area contributed by atoms with Gasteiger partial charge in [-0.1, -0.05) is 56.7 Å². The molecule has 1 aromatic rings. The van der Waals surface area contributed by atoms with Crippen molar-refractivity contribution < 1.29 is 14.3 Å². The molecular weight excluding hydrogens is 281 g/mol. The number of hydrogen-bond acceptors (Lipinski definition) is 3. The minimum absolute atomic E-state index is 0.135. The van der Waals surface area contributed by atoms with Crippen molar-refractivity contribution in [1.29, 1.82) is 0 Å². The third kappa shape index (κ3) is 4.31. The van der Waals surface area contributed by atoms with Crippen molar-refractivity contribution in [3.63, 3.8) is 0 Å². The molecular formula is C18H18FNO2. The fraction of sp³-hybridized carbons (Fsp3) is 0.0556. The van der Waals surface area contributed by atoms with Gasteiger partial charge in [0.05, 0.1) is 5.57 Å². The van der Waals surface area contributed by atoms with Crippen LogP contribution in [0.25, 0.3) is 0 Å². The maximum atomic E-state index is 13.4. The molecule has 0 aliphatic rings. The highest BCUT2D eigenvalue weighted by Gasteiger charge is 2.13. The Morgan fingerprint density at radius 3 is 2.23 bits per heavy atom. The molecule has 0 radical (unpaired) electrons. The summed E-state index contributed by atoms with van der Waals surface area (Å²) in [5.41, 5.74) is 2.02. The summed E-state index contributed by atoms with van der Waals surface area (Å²) in [5.74, 6) is -1.26. The minimum atomic E-state index is -0.819. The van der Waals surface area contributed by atoms with Gasteiger partial charge < -0.3 is 10.4 Å². The van der Waals surface area contributed by atoms with E-state index >= 15 is 0 Å². The summed E-state index contributed by atoms with van der Waals surface area (Å²) in [6, 6.07) is 6.98. The first-order chi connectivity index (χ1) is 10.4. The number of carbonyl (C=O) groups is 1. The average Bonchev–Trinajstić information content (AvgIpc) is 2.49. The van der Waals surface area contributed by atoms with Crippen LogP contribution >= 0.6 is 0 Å². The second-order valence-electron chi connectivity index (χ2n) is 4.54. The normalized spacial score (nSPS) is 11.1. The predicted molar refractivity (Wildman–Crippen MR) is 87.0 cm³/mol. The molecule has 1 aromatic carbocycles. The summed E-state index contributed by atoms with van der Waals surface area (Å²) in [6.07, 6.45) is 2.13. The average molecular weight is 299 g/mol. The molecule has 4 heteroatoms. The number of aliphatic hydroxyl groups is 1. The van der Waals surface area contributed by atoms with E-state index in [4.69, 9.17) is 0 Å². The maximum absolute atomic E-state index is 13.4. The van der Waals surface area contributed by atoms with Gasteiger partial charge in [0.15, 0.2) is 0 Å². The lowest BCUT2D eigenvalue weighted by molar-refractivity contribution is 0.112. The smallest absolute Gasteiger partial charge is 0.150 e. The van der Waals surface area contributed by atoms with E-state index in [0.717, 1.165) is 11.8 Å². The molecule has 0 aromatic heterocycles. The molecule has 1 rings (SSSR count). The van der Waals surface area contributed by atoms with Gasteiger partial charge in [-0.25, -0.2) is 4.39 Å². The number of allylic oxidation sites excluding steroid dienone is 2.